The Kier molecular flexibility index (Phi) is 6.35. The molecular formula is C13H19F2NO3S. The molecule has 1 aromatic rings. The van der Waals surface area contributed by atoms with Crippen molar-refractivity contribution in [2.45, 2.75) is 30.4 Å². The van der Waals surface area contributed by atoms with Gasteiger partial charge in [-0.2, -0.15) is 8.78 Å². The number of aliphatic hydroxyl groups excluding tert-OH is 1. The van der Waals surface area contributed by atoms with Crippen LogP contribution in [0.1, 0.15) is 19.8 Å². The summed E-state index contributed by atoms with van der Waals surface area (Å²) in [7, 11) is -4.52. The highest BCUT2D eigenvalue weighted by Gasteiger charge is 2.26. The lowest BCUT2D eigenvalue weighted by Gasteiger charge is -2.10. The van der Waals surface area contributed by atoms with Crippen molar-refractivity contribution in [1.29, 1.82) is 0 Å². The summed E-state index contributed by atoms with van der Waals surface area (Å²) < 4.78 is 47.1. The van der Waals surface area contributed by atoms with E-state index in [-0.39, 0.29) is 17.4 Å². The number of hydrogen-bond donors (Lipinski definition) is 2. The zero-order valence-corrected chi connectivity index (χ0v) is 12.0. The van der Waals surface area contributed by atoms with Crippen LogP contribution in [0.3, 0.4) is 0 Å². The highest BCUT2D eigenvalue weighted by Crippen LogP contribution is 2.20. The number of anilines is 1. The minimum Gasteiger partial charge on any atom is -0.396 e. The number of alkyl halides is 2. The van der Waals surface area contributed by atoms with Crippen molar-refractivity contribution in [1.82, 2.24) is 0 Å². The maximum atomic E-state index is 12.3. The maximum Gasteiger partial charge on any atom is 0.341 e. The van der Waals surface area contributed by atoms with Crippen molar-refractivity contribution in [3.8, 4) is 0 Å². The van der Waals surface area contributed by atoms with E-state index in [1.54, 1.807) is 0 Å². The van der Waals surface area contributed by atoms with Gasteiger partial charge in [-0.1, -0.05) is 6.92 Å². The third-order valence-electron chi connectivity index (χ3n) is 2.93. The predicted octanol–water partition coefficient (Wildman–Crippen LogP) is 2.50. The van der Waals surface area contributed by atoms with E-state index in [1.807, 2.05) is 6.92 Å². The Morgan fingerprint density at radius 3 is 2.35 bits per heavy atom. The maximum absolute atomic E-state index is 12.3. The van der Waals surface area contributed by atoms with Gasteiger partial charge in [0.15, 0.2) is 0 Å². The molecule has 0 fully saturated rings. The normalized spacial score (nSPS) is 13.4. The molecule has 0 aromatic heterocycles. The first-order valence-corrected chi connectivity index (χ1v) is 7.89. The summed E-state index contributed by atoms with van der Waals surface area (Å²) in [5, 5.41) is 11.9. The van der Waals surface area contributed by atoms with Gasteiger partial charge in [-0.3, -0.25) is 0 Å². The van der Waals surface area contributed by atoms with E-state index >= 15 is 0 Å². The standard InChI is InChI=1S/C13H19F2NO3S/c1-10(9-17)3-2-8-16-11-4-6-12(7-5-11)20(18,19)13(14)15/h4-7,10,13,16-17H,2-3,8-9H2,1H3. The van der Waals surface area contributed by atoms with Crippen molar-refractivity contribution in [2.24, 2.45) is 5.92 Å². The zero-order valence-electron chi connectivity index (χ0n) is 11.2. The van der Waals surface area contributed by atoms with Gasteiger partial charge in [0, 0.05) is 18.8 Å². The summed E-state index contributed by atoms with van der Waals surface area (Å²) in [6, 6.07) is 5.26. The predicted molar refractivity (Wildman–Crippen MR) is 73.6 cm³/mol. The molecule has 1 rings (SSSR count). The topological polar surface area (TPSA) is 66.4 Å². The summed E-state index contributed by atoms with van der Waals surface area (Å²) in [4.78, 5) is -0.382. The summed E-state index contributed by atoms with van der Waals surface area (Å²) >= 11 is 0. The fourth-order valence-electron chi connectivity index (χ4n) is 1.64. The lowest BCUT2D eigenvalue weighted by molar-refractivity contribution is 0.229. The van der Waals surface area contributed by atoms with Gasteiger partial charge in [-0.05, 0) is 43.0 Å². The van der Waals surface area contributed by atoms with Gasteiger partial charge in [-0.25, -0.2) is 8.42 Å². The van der Waals surface area contributed by atoms with Crippen LogP contribution >= 0.6 is 0 Å². The molecule has 0 radical (unpaired) electrons. The number of halogens is 2. The zero-order chi connectivity index (χ0) is 15.2. The largest absolute Gasteiger partial charge is 0.396 e. The molecular weight excluding hydrogens is 288 g/mol. The van der Waals surface area contributed by atoms with Crippen LogP contribution in [-0.4, -0.2) is 32.4 Å². The van der Waals surface area contributed by atoms with Gasteiger partial charge in [0.05, 0.1) is 4.90 Å². The molecule has 0 aliphatic rings. The van der Waals surface area contributed by atoms with Crippen molar-refractivity contribution in [3.63, 3.8) is 0 Å². The Morgan fingerprint density at radius 2 is 1.85 bits per heavy atom. The Balaban J connectivity index is 2.52. The summed E-state index contributed by atoms with van der Waals surface area (Å²) in [5.41, 5.74) is 0.676. The van der Waals surface area contributed by atoms with E-state index < -0.39 is 15.6 Å². The minimum atomic E-state index is -4.52. The van der Waals surface area contributed by atoms with Crippen molar-refractivity contribution in [3.05, 3.63) is 24.3 Å². The molecule has 0 spiro atoms. The first-order valence-electron chi connectivity index (χ1n) is 6.34. The van der Waals surface area contributed by atoms with Gasteiger partial charge in [0.2, 0.25) is 9.84 Å². The van der Waals surface area contributed by atoms with Crippen molar-refractivity contribution < 1.29 is 22.3 Å². The molecule has 0 saturated carbocycles. The summed E-state index contributed by atoms with van der Waals surface area (Å²) in [6.07, 6.45) is 1.74. The minimum absolute atomic E-state index is 0.153. The molecule has 114 valence electrons. The number of nitrogens with one attached hydrogen (secondary N) is 1. The van der Waals surface area contributed by atoms with E-state index in [2.05, 4.69) is 5.32 Å². The van der Waals surface area contributed by atoms with Gasteiger partial charge in [0.25, 0.3) is 0 Å². The van der Waals surface area contributed by atoms with Crippen LogP contribution in [0.4, 0.5) is 14.5 Å². The quantitative estimate of drug-likeness (QED) is 0.724. The molecule has 2 N–H and O–H groups in total. The molecule has 20 heavy (non-hydrogen) atoms. The monoisotopic (exact) mass is 307 g/mol. The highest BCUT2D eigenvalue weighted by molar-refractivity contribution is 7.91. The fraction of sp³-hybridized carbons (Fsp3) is 0.538. The number of sulfone groups is 1. The van der Waals surface area contributed by atoms with Gasteiger partial charge >= 0.3 is 5.76 Å². The SMILES string of the molecule is CC(CO)CCCNc1ccc(S(=O)(=O)C(F)F)cc1. The second-order valence-electron chi connectivity index (χ2n) is 4.69. The average Bonchev–Trinajstić information content (AvgIpc) is 2.43. The van der Waals surface area contributed by atoms with Crippen LogP contribution in [0.5, 0.6) is 0 Å². The number of rotatable bonds is 8. The van der Waals surface area contributed by atoms with E-state index in [0.717, 1.165) is 12.8 Å². The molecule has 4 nitrogen and oxygen atoms in total. The van der Waals surface area contributed by atoms with Crippen LogP contribution in [0.2, 0.25) is 0 Å². The molecule has 7 heteroatoms. The first kappa shape index (κ1) is 16.8. The Labute approximate surface area is 117 Å². The lowest BCUT2D eigenvalue weighted by atomic mass is 10.1. The molecule has 0 amide bonds. The summed E-state index contributed by atoms with van der Waals surface area (Å²) in [6.45, 7) is 2.77. The molecule has 0 bridgehead atoms. The van der Waals surface area contributed by atoms with Crippen LogP contribution in [0, 0.1) is 5.92 Å². The van der Waals surface area contributed by atoms with Gasteiger partial charge < -0.3 is 10.4 Å². The molecule has 1 atom stereocenters. The van der Waals surface area contributed by atoms with Crippen LogP contribution < -0.4 is 5.32 Å². The first-order chi connectivity index (χ1) is 9.37. The molecule has 1 unspecified atom stereocenters. The van der Waals surface area contributed by atoms with E-state index in [9.17, 15) is 17.2 Å². The van der Waals surface area contributed by atoms with Crippen LogP contribution in [0.15, 0.2) is 29.2 Å². The van der Waals surface area contributed by atoms with E-state index in [1.165, 1.54) is 24.3 Å². The second kappa shape index (κ2) is 7.54. The average molecular weight is 307 g/mol. The third-order valence-corrected chi connectivity index (χ3v) is 4.33. The number of benzene rings is 1. The Hall–Kier alpha value is -1.21. The van der Waals surface area contributed by atoms with Gasteiger partial charge in [-0.15, -0.1) is 0 Å². The Morgan fingerprint density at radius 1 is 1.25 bits per heavy atom. The van der Waals surface area contributed by atoms with Crippen LogP contribution in [0.25, 0.3) is 0 Å². The van der Waals surface area contributed by atoms with Crippen molar-refractivity contribution in [2.75, 3.05) is 18.5 Å². The molecule has 0 saturated heterocycles. The molecule has 0 aliphatic carbocycles. The third kappa shape index (κ3) is 4.72. The van der Waals surface area contributed by atoms with E-state index in [0.29, 0.717) is 12.2 Å². The second-order valence-corrected chi connectivity index (χ2v) is 6.60. The number of hydrogen-bond acceptors (Lipinski definition) is 4. The number of aliphatic hydroxyl groups is 1. The van der Waals surface area contributed by atoms with Gasteiger partial charge in [0.1, 0.15) is 0 Å². The Bertz CT molecular complexity index is 503. The molecule has 0 aliphatic heterocycles. The summed E-state index contributed by atoms with van der Waals surface area (Å²) in [5.74, 6) is -3.16. The molecule has 0 heterocycles. The lowest BCUT2D eigenvalue weighted by Crippen LogP contribution is -2.11. The molecule has 1 aromatic carbocycles. The van der Waals surface area contributed by atoms with Crippen LogP contribution in [-0.2, 0) is 9.84 Å². The highest BCUT2D eigenvalue weighted by atomic mass is 32.2. The fourth-order valence-corrected chi connectivity index (χ4v) is 2.36. The smallest absolute Gasteiger partial charge is 0.341 e. The van der Waals surface area contributed by atoms with Crippen molar-refractivity contribution >= 4 is 15.5 Å². The van der Waals surface area contributed by atoms with E-state index in [4.69, 9.17) is 5.11 Å².